The van der Waals surface area contributed by atoms with Crippen LogP contribution in [0.3, 0.4) is 0 Å². The second kappa shape index (κ2) is 8.63. The van der Waals surface area contributed by atoms with Gasteiger partial charge in [-0.05, 0) is 38.6 Å². The number of anilines is 3. The number of nitriles is 1. The fraction of sp³-hybridized carbons (Fsp3) is 0.476. The van der Waals surface area contributed by atoms with E-state index in [9.17, 15) is 4.79 Å². The molecular weight excluding hydrogens is 382 g/mol. The van der Waals surface area contributed by atoms with Crippen molar-refractivity contribution in [3.05, 3.63) is 35.9 Å². The Kier molecular flexibility index (Phi) is 5.77. The van der Waals surface area contributed by atoms with Crippen molar-refractivity contribution >= 4 is 23.3 Å². The van der Waals surface area contributed by atoms with Crippen molar-refractivity contribution in [2.45, 2.75) is 37.8 Å². The number of nitrogens with zero attached hydrogens (tertiary/aromatic N) is 5. The Balaban J connectivity index is 1.48. The molecule has 0 aliphatic carbocycles. The number of aromatic nitrogens is 3. The third-order valence-electron chi connectivity index (χ3n) is 6.11. The standard InChI is InChI=1S/C21H25N7O2/c1-28-15-3-4-16(28)6-13(5-15)9-24-18-7-19(26-11-17(18)21(29)30-2)27-20-12-23-14(8-22)10-25-20/h7,10-13,15-16H,3-6,9H2,1-2H3,(H2,24,25,26,27)/t13?,15-,16+. The summed E-state index contributed by atoms with van der Waals surface area (Å²) in [6, 6.07) is 5.04. The number of piperidine rings is 1. The molecule has 30 heavy (non-hydrogen) atoms. The molecule has 2 saturated heterocycles. The highest BCUT2D eigenvalue weighted by Crippen LogP contribution is 2.37. The van der Waals surface area contributed by atoms with Crippen LogP contribution in [0.25, 0.3) is 0 Å². The van der Waals surface area contributed by atoms with E-state index in [1.807, 2.05) is 6.07 Å². The number of esters is 1. The molecule has 3 atom stereocenters. The number of methoxy groups -OCH3 is 1. The van der Waals surface area contributed by atoms with Crippen LogP contribution in [0.4, 0.5) is 17.3 Å². The van der Waals surface area contributed by atoms with E-state index >= 15 is 0 Å². The minimum atomic E-state index is -0.432. The summed E-state index contributed by atoms with van der Waals surface area (Å²) in [5, 5.41) is 15.3. The van der Waals surface area contributed by atoms with Gasteiger partial charge in [0.05, 0.1) is 25.2 Å². The van der Waals surface area contributed by atoms with Gasteiger partial charge in [0.15, 0.2) is 5.69 Å². The van der Waals surface area contributed by atoms with E-state index in [2.05, 4.69) is 37.5 Å². The molecule has 1 unspecified atom stereocenters. The van der Waals surface area contributed by atoms with Crippen molar-refractivity contribution < 1.29 is 9.53 Å². The van der Waals surface area contributed by atoms with Crippen LogP contribution in [0.5, 0.6) is 0 Å². The summed E-state index contributed by atoms with van der Waals surface area (Å²) >= 11 is 0. The molecule has 4 heterocycles. The Morgan fingerprint density at radius 1 is 1.20 bits per heavy atom. The normalized spacial score (nSPS) is 22.9. The number of pyridine rings is 1. The van der Waals surface area contributed by atoms with Crippen LogP contribution in [0.2, 0.25) is 0 Å². The number of nitrogens with one attached hydrogen (secondary N) is 2. The largest absolute Gasteiger partial charge is 0.465 e. The highest BCUT2D eigenvalue weighted by molar-refractivity contribution is 5.95. The maximum Gasteiger partial charge on any atom is 0.341 e. The summed E-state index contributed by atoms with van der Waals surface area (Å²) in [5.74, 6) is 1.12. The molecule has 0 amide bonds. The first kappa shape index (κ1) is 20.0. The van der Waals surface area contributed by atoms with E-state index in [1.165, 1.54) is 51.4 Å². The third-order valence-corrected chi connectivity index (χ3v) is 6.11. The number of carbonyl (C=O) groups is 1. The van der Waals surface area contributed by atoms with Crippen molar-refractivity contribution in [1.29, 1.82) is 5.26 Å². The first-order chi connectivity index (χ1) is 14.6. The SMILES string of the molecule is COC(=O)c1cnc(Nc2cnc(C#N)cn2)cc1NCC1C[C@H]2CC[C@@H](C1)N2C. The van der Waals surface area contributed by atoms with Crippen molar-refractivity contribution in [2.75, 3.05) is 31.3 Å². The van der Waals surface area contributed by atoms with Gasteiger partial charge in [-0.2, -0.15) is 5.26 Å². The Labute approximate surface area is 175 Å². The quantitative estimate of drug-likeness (QED) is 0.697. The molecule has 0 spiro atoms. The number of rotatable bonds is 6. The topological polar surface area (TPSA) is 116 Å². The minimum Gasteiger partial charge on any atom is -0.465 e. The van der Waals surface area contributed by atoms with Gasteiger partial charge in [-0.3, -0.25) is 0 Å². The summed E-state index contributed by atoms with van der Waals surface area (Å²) < 4.78 is 4.91. The lowest BCUT2D eigenvalue weighted by Gasteiger charge is -2.36. The lowest BCUT2D eigenvalue weighted by atomic mass is 9.91. The van der Waals surface area contributed by atoms with Crippen molar-refractivity contribution in [3.8, 4) is 6.07 Å². The van der Waals surface area contributed by atoms with E-state index in [-0.39, 0.29) is 5.69 Å². The predicted molar refractivity (Wildman–Crippen MR) is 111 cm³/mol. The molecular formula is C21H25N7O2. The number of hydrogen-bond donors (Lipinski definition) is 2. The fourth-order valence-electron chi connectivity index (χ4n) is 4.47. The van der Waals surface area contributed by atoms with Crippen LogP contribution in [0, 0.1) is 17.2 Å². The molecule has 0 aromatic carbocycles. The molecule has 2 aliphatic rings. The molecule has 156 valence electrons. The van der Waals surface area contributed by atoms with E-state index in [4.69, 9.17) is 10.00 Å². The lowest BCUT2D eigenvalue weighted by Crippen LogP contribution is -2.41. The summed E-state index contributed by atoms with van der Waals surface area (Å²) in [7, 11) is 3.59. The van der Waals surface area contributed by atoms with Crippen molar-refractivity contribution in [1.82, 2.24) is 19.9 Å². The fourth-order valence-corrected chi connectivity index (χ4v) is 4.47. The zero-order valence-electron chi connectivity index (χ0n) is 17.1. The summed E-state index contributed by atoms with van der Waals surface area (Å²) in [4.78, 5) is 27.1. The monoisotopic (exact) mass is 407 g/mol. The van der Waals surface area contributed by atoms with Crippen molar-refractivity contribution in [2.24, 2.45) is 5.92 Å². The Morgan fingerprint density at radius 2 is 1.93 bits per heavy atom. The zero-order valence-corrected chi connectivity index (χ0v) is 17.1. The molecule has 2 aliphatic heterocycles. The van der Waals surface area contributed by atoms with Gasteiger partial charge in [0.1, 0.15) is 23.3 Å². The van der Waals surface area contributed by atoms with Crippen LogP contribution < -0.4 is 10.6 Å². The highest BCUT2D eigenvalue weighted by atomic mass is 16.5. The number of fused-ring (bicyclic) bond motifs is 2. The molecule has 9 nitrogen and oxygen atoms in total. The number of carbonyl (C=O) groups excluding carboxylic acids is 1. The smallest absolute Gasteiger partial charge is 0.341 e. The molecule has 0 radical (unpaired) electrons. The van der Waals surface area contributed by atoms with Gasteiger partial charge in [-0.15, -0.1) is 0 Å². The summed E-state index contributed by atoms with van der Waals surface area (Å²) in [6.45, 7) is 0.797. The van der Waals surface area contributed by atoms with Gasteiger partial charge < -0.3 is 20.3 Å². The van der Waals surface area contributed by atoms with Gasteiger partial charge in [-0.25, -0.2) is 19.7 Å². The minimum absolute atomic E-state index is 0.240. The molecule has 0 saturated carbocycles. The van der Waals surface area contributed by atoms with Gasteiger partial charge >= 0.3 is 5.97 Å². The van der Waals surface area contributed by atoms with Crippen LogP contribution >= 0.6 is 0 Å². The zero-order chi connectivity index (χ0) is 21.1. The molecule has 2 aromatic rings. The van der Waals surface area contributed by atoms with E-state index < -0.39 is 5.97 Å². The maximum absolute atomic E-state index is 12.2. The first-order valence-corrected chi connectivity index (χ1v) is 10.1. The van der Waals surface area contributed by atoms with E-state index in [1.54, 1.807) is 6.07 Å². The Morgan fingerprint density at radius 3 is 2.57 bits per heavy atom. The van der Waals surface area contributed by atoms with Crippen LogP contribution in [0.15, 0.2) is 24.7 Å². The molecule has 2 fully saturated rings. The summed E-state index contributed by atoms with van der Waals surface area (Å²) in [6.07, 6.45) is 9.25. The average molecular weight is 407 g/mol. The Bertz CT molecular complexity index is 943. The lowest BCUT2D eigenvalue weighted by molar-refractivity contribution is 0.0601. The van der Waals surface area contributed by atoms with Gasteiger partial charge in [0, 0.05) is 30.9 Å². The van der Waals surface area contributed by atoms with Gasteiger partial charge in [0.25, 0.3) is 0 Å². The Hall–Kier alpha value is -3.25. The molecule has 2 bridgehead atoms. The molecule has 4 rings (SSSR count). The second-order valence-corrected chi connectivity index (χ2v) is 7.90. The average Bonchev–Trinajstić information content (AvgIpc) is 2.98. The van der Waals surface area contributed by atoms with Crippen LogP contribution in [0.1, 0.15) is 41.7 Å². The number of hydrogen-bond acceptors (Lipinski definition) is 9. The van der Waals surface area contributed by atoms with Gasteiger partial charge in [-0.1, -0.05) is 0 Å². The van der Waals surface area contributed by atoms with Crippen LogP contribution in [-0.2, 0) is 4.74 Å². The van der Waals surface area contributed by atoms with Crippen LogP contribution in [-0.4, -0.2) is 58.6 Å². The maximum atomic E-state index is 12.2. The first-order valence-electron chi connectivity index (χ1n) is 10.1. The van der Waals surface area contributed by atoms with Gasteiger partial charge in [0.2, 0.25) is 0 Å². The third kappa shape index (κ3) is 4.19. The molecule has 2 aromatic heterocycles. The summed E-state index contributed by atoms with van der Waals surface area (Å²) in [5.41, 5.74) is 1.31. The highest BCUT2D eigenvalue weighted by Gasteiger charge is 2.38. The number of ether oxygens (including phenoxy) is 1. The van der Waals surface area contributed by atoms with Crippen molar-refractivity contribution in [3.63, 3.8) is 0 Å². The second-order valence-electron chi connectivity index (χ2n) is 7.90. The van der Waals surface area contributed by atoms with E-state index in [0.29, 0.717) is 40.9 Å². The predicted octanol–water partition coefficient (Wildman–Crippen LogP) is 2.56. The molecule has 9 heteroatoms. The molecule has 2 N–H and O–H groups in total. The van der Waals surface area contributed by atoms with E-state index in [0.717, 1.165) is 6.54 Å².